The summed E-state index contributed by atoms with van der Waals surface area (Å²) >= 11 is 0. The SMILES string of the molecule is Cc1[c-]cc(C)c(C)c1C.OB(O)O.OB(O)O.OB(O)O.OB(O)O.[Na+]. The standard InChI is InChI=1S/C10H13.4BH3O3.Na/c1-7-5-6-8(2)10(4)9(7)3;4*2-1(3)4;/h5H,1-4H3;4*2-4H;/q-1;;;;;+1. The Bertz CT molecular complexity index is 377. The van der Waals surface area contributed by atoms with Crippen molar-refractivity contribution in [1.29, 1.82) is 0 Å². The van der Waals surface area contributed by atoms with Gasteiger partial charge in [0.05, 0.1) is 0 Å². The van der Waals surface area contributed by atoms with Gasteiger partial charge in [-0.05, 0) is 0 Å². The van der Waals surface area contributed by atoms with Crippen LogP contribution in [0.5, 0.6) is 0 Å². The van der Waals surface area contributed by atoms with E-state index in [1.165, 1.54) is 22.3 Å². The van der Waals surface area contributed by atoms with E-state index in [-0.39, 0.29) is 29.6 Å². The number of hydrogen-bond acceptors (Lipinski definition) is 12. The molecule has 0 spiro atoms. The van der Waals surface area contributed by atoms with Gasteiger partial charge in [-0.3, -0.25) is 0 Å². The third-order valence-electron chi connectivity index (χ3n) is 2.22. The number of aryl methyl sites for hydroxylation is 2. The van der Waals surface area contributed by atoms with Crippen molar-refractivity contribution in [2.75, 3.05) is 0 Å². The number of hydrogen-bond donors (Lipinski definition) is 12. The first-order valence-corrected chi connectivity index (χ1v) is 6.68. The van der Waals surface area contributed by atoms with Crippen LogP contribution < -0.4 is 29.6 Å². The molecular weight excluding hydrogens is 378 g/mol. The number of benzene rings is 1. The van der Waals surface area contributed by atoms with E-state index in [0.29, 0.717) is 0 Å². The first kappa shape index (κ1) is 37.7. The summed E-state index contributed by atoms with van der Waals surface area (Å²) in [6.07, 6.45) is 0. The summed E-state index contributed by atoms with van der Waals surface area (Å²) in [6.45, 7) is 8.53. The first-order chi connectivity index (χ1) is 11.6. The third kappa shape index (κ3) is 51.8. The molecule has 0 atom stereocenters. The average Bonchev–Trinajstić information content (AvgIpc) is 2.38. The second kappa shape index (κ2) is 24.0. The fourth-order valence-electron chi connectivity index (χ4n) is 1.01. The molecule has 12 nitrogen and oxygen atoms in total. The summed E-state index contributed by atoms with van der Waals surface area (Å²) < 4.78 is 0. The summed E-state index contributed by atoms with van der Waals surface area (Å²) in [5.41, 5.74) is 5.38. The maximum atomic E-state index is 7.17. The molecule has 150 valence electrons. The minimum Gasteiger partial charge on any atom is -0.402 e. The minimum atomic E-state index is -2.17. The molecule has 0 heterocycles. The monoisotopic (exact) mass is 404 g/mol. The fraction of sp³-hybridized carbons (Fsp3) is 0.400. The largest absolute Gasteiger partial charge is 1.00 e. The Labute approximate surface area is 181 Å². The van der Waals surface area contributed by atoms with Crippen molar-refractivity contribution >= 4 is 29.3 Å². The van der Waals surface area contributed by atoms with Crippen LogP contribution in [0.15, 0.2) is 6.07 Å². The van der Waals surface area contributed by atoms with Gasteiger partial charge >= 0.3 is 58.8 Å². The van der Waals surface area contributed by atoms with Gasteiger partial charge in [-0.1, -0.05) is 27.7 Å². The minimum absolute atomic E-state index is 0. The Morgan fingerprint density at radius 1 is 0.556 bits per heavy atom. The number of rotatable bonds is 0. The van der Waals surface area contributed by atoms with Crippen LogP contribution in [0.4, 0.5) is 0 Å². The normalized spacial score (nSPS) is 7.70. The Kier molecular flexibility index (Phi) is 33.6. The van der Waals surface area contributed by atoms with Gasteiger partial charge < -0.3 is 60.3 Å². The molecule has 0 saturated carbocycles. The molecule has 1 aromatic rings. The molecular formula is C10H25B4NaO12. The Morgan fingerprint density at radius 3 is 0.963 bits per heavy atom. The molecule has 0 aromatic heterocycles. The van der Waals surface area contributed by atoms with Crippen molar-refractivity contribution in [2.45, 2.75) is 27.7 Å². The summed E-state index contributed by atoms with van der Waals surface area (Å²) in [5, 5.41) is 86.0. The Balaban J connectivity index is -0.0000000814. The molecule has 17 heteroatoms. The molecule has 0 aliphatic carbocycles. The van der Waals surface area contributed by atoms with E-state index in [1.54, 1.807) is 0 Å². The first-order valence-electron chi connectivity index (χ1n) is 6.68. The molecule has 0 unspecified atom stereocenters. The molecule has 1 rings (SSSR count). The third-order valence-corrected chi connectivity index (χ3v) is 2.22. The zero-order valence-electron chi connectivity index (χ0n) is 15.8. The molecule has 0 fully saturated rings. The molecule has 0 bridgehead atoms. The van der Waals surface area contributed by atoms with E-state index >= 15 is 0 Å². The van der Waals surface area contributed by atoms with E-state index in [4.69, 9.17) is 60.3 Å². The van der Waals surface area contributed by atoms with Crippen molar-refractivity contribution in [2.24, 2.45) is 0 Å². The predicted molar refractivity (Wildman–Crippen MR) is 93.9 cm³/mol. The van der Waals surface area contributed by atoms with Gasteiger partial charge in [-0.15, -0.1) is 0 Å². The maximum Gasteiger partial charge on any atom is 1.00 e. The average molecular weight is 404 g/mol. The topological polar surface area (TPSA) is 243 Å². The van der Waals surface area contributed by atoms with Crippen LogP contribution in [0, 0.1) is 33.8 Å². The van der Waals surface area contributed by atoms with Gasteiger partial charge in [-0.2, -0.15) is 34.4 Å². The summed E-state index contributed by atoms with van der Waals surface area (Å²) in [4.78, 5) is 0. The van der Waals surface area contributed by atoms with Crippen molar-refractivity contribution in [3.8, 4) is 0 Å². The quantitative estimate of drug-likeness (QED) is 0.143. The van der Waals surface area contributed by atoms with Crippen LogP contribution in [0.25, 0.3) is 0 Å². The van der Waals surface area contributed by atoms with E-state index in [2.05, 4.69) is 39.8 Å². The molecule has 0 amide bonds. The van der Waals surface area contributed by atoms with E-state index in [9.17, 15) is 0 Å². The molecule has 12 N–H and O–H groups in total. The van der Waals surface area contributed by atoms with Crippen molar-refractivity contribution in [1.82, 2.24) is 0 Å². The van der Waals surface area contributed by atoms with Crippen LogP contribution in [-0.4, -0.2) is 89.6 Å². The van der Waals surface area contributed by atoms with Gasteiger partial charge in [0.15, 0.2) is 0 Å². The molecule has 1 aromatic carbocycles. The van der Waals surface area contributed by atoms with Crippen LogP contribution in [0.3, 0.4) is 0 Å². The smallest absolute Gasteiger partial charge is 0.402 e. The molecule has 27 heavy (non-hydrogen) atoms. The summed E-state index contributed by atoms with van der Waals surface area (Å²) in [7, 11) is -8.67. The molecule has 0 aliphatic heterocycles. The maximum absolute atomic E-state index is 7.17. The van der Waals surface area contributed by atoms with Gasteiger partial charge in [-0.25, -0.2) is 0 Å². The Morgan fingerprint density at radius 2 is 0.778 bits per heavy atom. The van der Waals surface area contributed by atoms with Crippen molar-refractivity contribution < 1.29 is 89.8 Å². The van der Waals surface area contributed by atoms with Crippen molar-refractivity contribution in [3.05, 3.63) is 34.4 Å². The molecule has 0 radical (unpaired) electrons. The van der Waals surface area contributed by atoms with Crippen LogP contribution in [0.2, 0.25) is 0 Å². The second-order valence-corrected chi connectivity index (χ2v) is 4.23. The van der Waals surface area contributed by atoms with Gasteiger partial charge in [0.25, 0.3) is 0 Å². The Hall–Kier alpha value is -0.000260. The van der Waals surface area contributed by atoms with Crippen LogP contribution >= 0.6 is 0 Å². The summed E-state index contributed by atoms with van der Waals surface area (Å²) in [5.74, 6) is 0. The summed E-state index contributed by atoms with van der Waals surface area (Å²) in [6, 6.07) is 5.26. The predicted octanol–water partition coefficient (Wildman–Crippen LogP) is -8.48. The van der Waals surface area contributed by atoms with Gasteiger partial charge in [0.2, 0.25) is 0 Å². The van der Waals surface area contributed by atoms with Crippen molar-refractivity contribution in [3.63, 3.8) is 0 Å². The second-order valence-electron chi connectivity index (χ2n) is 4.23. The van der Waals surface area contributed by atoms with Gasteiger partial charge in [0, 0.05) is 0 Å². The zero-order valence-corrected chi connectivity index (χ0v) is 17.8. The fourth-order valence-corrected chi connectivity index (χ4v) is 1.01. The van der Waals surface area contributed by atoms with Crippen LogP contribution in [-0.2, 0) is 0 Å². The zero-order chi connectivity index (χ0) is 22.0. The molecule has 0 saturated heterocycles. The van der Waals surface area contributed by atoms with E-state index in [0.717, 1.165) is 0 Å². The van der Waals surface area contributed by atoms with E-state index < -0.39 is 29.3 Å². The van der Waals surface area contributed by atoms with E-state index in [1.807, 2.05) is 0 Å². The van der Waals surface area contributed by atoms with Crippen LogP contribution in [0.1, 0.15) is 22.3 Å². The molecule has 0 aliphatic rings. The van der Waals surface area contributed by atoms with Gasteiger partial charge in [0.1, 0.15) is 0 Å².